The van der Waals surface area contributed by atoms with E-state index in [-0.39, 0.29) is 5.91 Å². The van der Waals surface area contributed by atoms with E-state index in [4.69, 9.17) is 0 Å². The number of carbonyl (C=O) groups is 1. The van der Waals surface area contributed by atoms with Crippen molar-refractivity contribution < 1.29 is 4.79 Å². The van der Waals surface area contributed by atoms with Gasteiger partial charge in [-0.25, -0.2) is 4.98 Å². The molecule has 0 radical (unpaired) electrons. The molecule has 0 atom stereocenters. The third kappa shape index (κ3) is 3.27. The Kier molecular flexibility index (Phi) is 4.37. The molecule has 1 amide bonds. The predicted octanol–water partition coefficient (Wildman–Crippen LogP) is 1.76. The van der Waals surface area contributed by atoms with E-state index in [0.29, 0.717) is 11.6 Å². The van der Waals surface area contributed by atoms with Crippen molar-refractivity contribution in [3.63, 3.8) is 0 Å². The van der Waals surface area contributed by atoms with Gasteiger partial charge in [0.25, 0.3) is 5.91 Å². The van der Waals surface area contributed by atoms with Crippen molar-refractivity contribution in [3.05, 3.63) is 42.2 Å². The summed E-state index contributed by atoms with van der Waals surface area (Å²) in [6, 6.07) is 4.09. The molecule has 0 aromatic carbocycles. The minimum Gasteiger partial charge on any atom is -0.371 e. The summed E-state index contributed by atoms with van der Waals surface area (Å²) in [7, 11) is 0. The number of piperidine rings is 1. The second kappa shape index (κ2) is 6.60. The summed E-state index contributed by atoms with van der Waals surface area (Å²) in [5, 5.41) is 3.00. The first-order valence-corrected chi connectivity index (χ1v) is 7.67. The quantitative estimate of drug-likeness (QED) is 0.902. The summed E-state index contributed by atoms with van der Waals surface area (Å²) in [5.74, 6) is 0.441. The number of rotatable bonds is 4. The Hall–Kier alpha value is -2.37. The molecule has 0 saturated carbocycles. The van der Waals surface area contributed by atoms with E-state index in [0.717, 1.165) is 38.2 Å². The molecule has 3 heterocycles. The number of hydrogen-bond donors (Lipinski definition) is 2. The summed E-state index contributed by atoms with van der Waals surface area (Å²) < 4.78 is 0. The van der Waals surface area contributed by atoms with Crippen LogP contribution < -0.4 is 10.2 Å². The highest BCUT2D eigenvalue weighted by atomic mass is 16.1. The molecule has 116 valence electrons. The van der Waals surface area contributed by atoms with E-state index in [1.807, 2.05) is 31.5 Å². The lowest BCUT2D eigenvalue weighted by Crippen LogP contribution is -2.38. The number of anilines is 1. The van der Waals surface area contributed by atoms with Crippen LogP contribution in [0.5, 0.6) is 0 Å². The monoisotopic (exact) mass is 299 g/mol. The number of amides is 1. The van der Waals surface area contributed by atoms with E-state index in [1.165, 1.54) is 5.69 Å². The number of aryl methyl sites for hydroxylation is 1. The second-order valence-electron chi connectivity index (χ2n) is 5.72. The van der Waals surface area contributed by atoms with E-state index < -0.39 is 0 Å². The Morgan fingerprint density at radius 3 is 2.73 bits per heavy atom. The van der Waals surface area contributed by atoms with Crippen molar-refractivity contribution in [2.75, 3.05) is 24.5 Å². The third-order valence-electron chi connectivity index (χ3n) is 4.24. The first kappa shape index (κ1) is 14.6. The molecule has 1 aliphatic heterocycles. The van der Waals surface area contributed by atoms with Crippen molar-refractivity contribution in [1.82, 2.24) is 20.3 Å². The van der Waals surface area contributed by atoms with Crippen LogP contribution >= 0.6 is 0 Å². The normalized spacial score (nSPS) is 15.8. The number of aromatic amines is 1. The number of H-pyrrole nitrogens is 1. The molecule has 0 bridgehead atoms. The zero-order valence-corrected chi connectivity index (χ0v) is 12.7. The number of nitrogens with zero attached hydrogens (tertiary/aromatic N) is 3. The highest BCUT2D eigenvalue weighted by molar-refractivity contribution is 5.93. The SMILES string of the molecule is Cc1[nH]cnc1C(=O)NCC1CCN(c2ccncc2)CC1. The summed E-state index contributed by atoms with van der Waals surface area (Å²) in [6.45, 7) is 4.61. The molecule has 6 heteroatoms. The average Bonchev–Trinajstić information content (AvgIpc) is 3.00. The van der Waals surface area contributed by atoms with Crippen LogP contribution in [0.4, 0.5) is 5.69 Å². The second-order valence-corrected chi connectivity index (χ2v) is 5.72. The first-order chi connectivity index (χ1) is 10.7. The van der Waals surface area contributed by atoms with Gasteiger partial charge in [0, 0.05) is 43.4 Å². The number of pyridine rings is 1. The standard InChI is InChI=1S/C16H21N5O/c1-12-15(20-11-19-12)16(22)18-10-13-4-8-21(9-5-13)14-2-6-17-7-3-14/h2-3,6-7,11,13H,4-5,8-10H2,1H3,(H,18,22)(H,19,20). The van der Waals surface area contributed by atoms with Crippen molar-refractivity contribution >= 4 is 11.6 Å². The van der Waals surface area contributed by atoms with Gasteiger partial charge in [-0.15, -0.1) is 0 Å². The van der Waals surface area contributed by atoms with Gasteiger partial charge in [0.2, 0.25) is 0 Å². The van der Waals surface area contributed by atoms with Crippen LogP contribution in [-0.2, 0) is 0 Å². The fourth-order valence-corrected chi connectivity index (χ4v) is 2.86. The van der Waals surface area contributed by atoms with Gasteiger partial charge in [-0.2, -0.15) is 0 Å². The molecule has 0 unspecified atom stereocenters. The molecule has 6 nitrogen and oxygen atoms in total. The fourth-order valence-electron chi connectivity index (χ4n) is 2.86. The Bertz CT molecular complexity index is 616. The van der Waals surface area contributed by atoms with Crippen LogP contribution in [0, 0.1) is 12.8 Å². The number of imidazole rings is 1. The van der Waals surface area contributed by atoms with Gasteiger partial charge in [0.05, 0.1) is 6.33 Å². The number of carbonyl (C=O) groups excluding carboxylic acids is 1. The molecule has 1 fully saturated rings. The maximum Gasteiger partial charge on any atom is 0.271 e. The van der Waals surface area contributed by atoms with Crippen LogP contribution in [0.2, 0.25) is 0 Å². The zero-order chi connectivity index (χ0) is 15.4. The van der Waals surface area contributed by atoms with Gasteiger partial charge >= 0.3 is 0 Å². The van der Waals surface area contributed by atoms with Crippen molar-refractivity contribution in [3.8, 4) is 0 Å². The maximum atomic E-state index is 12.0. The molecule has 2 aromatic rings. The predicted molar refractivity (Wildman–Crippen MR) is 84.8 cm³/mol. The minimum absolute atomic E-state index is 0.0877. The van der Waals surface area contributed by atoms with Gasteiger partial charge in [0.15, 0.2) is 0 Å². The molecule has 3 rings (SSSR count). The van der Waals surface area contributed by atoms with Crippen LogP contribution in [-0.4, -0.2) is 40.5 Å². The van der Waals surface area contributed by atoms with E-state index in [2.05, 4.69) is 25.2 Å². The third-order valence-corrected chi connectivity index (χ3v) is 4.24. The molecule has 2 aromatic heterocycles. The van der Waals surface area contributed by atoms with Crippen LogP contribution in [0.1, 0.15) is 29.0 Å². The highest BCUT2D eigenvalue weighted by Crippen LogP contribution is 2.22. The van der Waals surface area contributed by atoms with Gasteiger partial charge < -0.3 is 15.2 Å². The van der Waals surface area contributed by atoms with Crippen LogP contribution in [0.25, 0.3) is 0 Å². The first-order valence-electron chi connectivity index (χ1n) is 7.67. The number of nitrogens with one attached hydrogen (secondary N) is 2. The number of hydrogen-bond acceptors (Lipinski definition) is 4. The maximum absolute atomic E-state index is 12.0. The minimum atomic E-state index is -0.0877. The Labute approximate surface area is 130 Å². The fraction of sp³-hybridized carbons (Fsp3) is 0.438. The van der Waals surface area contributed by atoms with E-state index in [1.54, 1.807) is 6.33 Å². The Balaban J connectivity index is 1.46. The summed E-state index contributed by atoms with van der Waals surface area (Å²) in [6.07, 6.45) is 7.38. The molecular weight excluding hydrogens is 278 g/mol. The Morgan fingerprint density at radius 2 is 2.09 bits per heavy atom. The smallest absolute Gasteiger partial charge is 0.271 e. The van der Waals surface area contributed by atoms with E-state index in [9.17, 15) is 4.79 Å². The zero-order valence-electron chi connectivity index (χ0n) is 12.7. The lowest BCUT2D eigenvalue weighted by atomic mass is 9.96. The van der Waals surface area contributed by atoms with Gasteiger partial charge in [0.1, 0.15) is 5.69 Å². The topological polar surface area (TPSA) is 73.9 Å². The lowest BCUT2D eigenvalue weighted by Gasteiger charge is -2.33. The summed E-state index contributed by atoms with van der Waals surface area (Å²) in [4.78, 5) is 25.4. The van der Waals surface area contributed by atoms with Crippen molar-refractivity contribution in [1.29, 1.82) is 0 Å². The summed E-state index contributed by atoms with van der Waals surface area (Å²) >= 11 is 0. The summed E-state index contributed by atoms with van der Waals surface area (Å²) in [5.41, 5.74) is 2.53. The average molecular weight is 299 g/mol. The Morgan fingerprint density at radius 1 is 1.36 bits per heavy atom. The van der Waals surface area contributed by atoms with Gasteiger partial charge in [-0.3, -0.25) is 9.78 Å². The lowest BCUT2D eigenvalue weighted by molar-refractivity contribution is 0.0940. The highest BCUT2D eigenvalue weighted by Gasteiger charge is 2.20. The molecule has 1 aliphatic rings. The molecule has 1 saturated heterocycles. The molecule has 0 aliphatic carbocycles. The van der Waals surface area contributed by atoms with Crippen LogP contribution in [0.3, 0.4) is 0 Å². The van der Waals surface area contributed by atoms with Gasteiger partial charge in [-0.05, 0) is 37.8 Å². The van der Waals surface area contributed by atoms with Crippen LogP contribution in [0.15, 0.2) is 30.9 Å². The van der Waals surface area contributed by atoms with Crippen molar-refractivity contribution in [2.45, 2.75) is 19.8 Å². The van der Waals surface area contributed by atoms with E-state index >= 15 is 0 Å². The molecular formula is C16H21N5O. The molecule has 22 heavy (non-hydrogen) atoms. The molecule has 0 spiro atoms. The molecule has 2 N–H and O–H groups in total. The van der Waals surface area contributed by atoms with Gasteiger partial charge in [-0.1, -0.05) is 0 Å². The number of aromatic nitrogens is 3. The van der Waals surface area contributed by atoms with Crippen molar-refractivity contribution in [2.24, 2.45) is 5.92 Å². The largest absolute Gasteiger partial charge is 0.371 e.